The van der Waals surface area contributed by atoms with Crippen LogP contribution in [0.25, 0.3) is 6.08 Å². The molecule has 26 heavy (non-hydrogen) atoms. The zero-order valence-corrected chi connectivity index (χ0v) is 15.1. The Morgan fingerprint density at radius 1 is 1.12 bits per heavy atom. The van der Waals surface area contributed by atoms with Gasteiger partial charge in [0.05, 0.1) is 0 Å². The summed E-state index contributed by atoms with van der Waals surface area (Å²) in [5.41, 5.74) is 1.25. The Bertz CT molecular complexity index is 825. The van der Waals surface area contributed by atoms with Gasteiger partial charge in [0.2, 0.25) is 0 Å². The van der Waals surface area contributed by atoms with Gasteiger partial charge in [0.15, 0.2) is 5.88 Å². The van der Waals surface area contributed by atoms with Crippen LogP contribution in [0, 0.1) is 11.3 Å². The number of anilines is 2. The molecule has 2 heterocycles. The van der Waals surface area contributed by atoms with Crippen LogP contribution < -0.4 is 9.80 Å². The van der Waals surface area contributed by atoms with Crippen molar-refractivity contribution >= 4 is 23.6 Å². The van der Waals surface area contributed by atoms with Gasteiger partial charge in [-0.25, -0.2) is 0 Å². The van der Waals surface area contributed by atoms with Crippen LogP contribution in [0.3, 0.4) is 0 Å². The van der Waals surface area contributed by atoms with E-state index < -0.39 is 0 Å². The summed E-state index contributed by atoms with van der Waals surface area (Å²) in [6.45, 7) is 2.68. The predicted octanol–water partition coefficient (Wildman–Crippen LogP) is 2.60. The largest absolute Gasteiger partial charge is 0.441 e. The Morgan fingerprint density at radius 3 is 2.38 bits per heavy atom. The van der Waals surface area contributed by atoms with Gasteiger partial charge in [-0.2, -0.15) is 5.26 Å². The third-order valence-corrected chi connectivity index (χ3v) is 4.38. The van der Waals surface area contributed by atoms with Crippen LogP contribution in [0.1, 0.15) is 5.76 Å². The van der Waals surface area contributed by atoms with E-state index in [0.717, 1.165) is 18.8 Å². The number of nitrogens with zero attached hydrogens (tertiary/aromatic N) is 4. The minimum atomic E-state index is -0.247. The second-order valence-electron chi connectivity index (χ2n) is 6.36. The van der Waals surface area contributed by atoms with Gasteiger partial charge in [-0.1, -0.05) is 18.2 Å². The average molecular weight is 350 g/mol. The van der Waals surface area contributed by atoms with Crippen LogP contribution in [-0.4, -0.2) is 51.1 Å². The maximum absolute atomic E-state index is 12.7. The van der Waals surface area contributed by atoms with E-state index in [9.17, 15) is 10.1 Å². The Kier molecular flexibility index (Phi) is 5.28. The van der Waals surface area contributed by atoms with Crippen LogP contribution in [-0.2, 0) is 4.79 Å². The second kappa shape index (κ2) is 7.79. The highest BCUT2D eigenvalue weighted by Gasteiger charge is 2.24. The highest BCUT2D eigenvalue weighted by atomic mass is 16.4. The molecule has 6 heteroatoms. The number of para-hydroxylation sites is 1. The zero-order chi connectivity index (χ0) is 18.5. The number of furan rings is 1. The number of benzene rings is 1. The summed E-state index contributed by atoms with van der Waals surface area (Å²) in [5.74, 6) is 0.932. The van der Waals surface area contributed by atoms with Crippen molar-refractivity contribution in [3.63, 3.8) is 0 Å². The smallest absolute Gasteiger partial charge is 0.264 e. The monoisotopic (exact) mass is 350 g/mol. The topological polar surface area (TPSA) is 63.7 Å². The van der Waals surface area contributed by atoms with Crippen molar-refractivity contribution in [2.45, 2.75) is 0 Å². The van der Waals surface area contributed by atoms with Gasteiger partial charge in [-0.3, -0.25) is 4.79 Å². The summed E-state index contributed by atoms with van der Waals surface area (Å²) in [6.07, 6.45) is 1.51. The fraction of sp³-hybridized carbons (Fsp3) is 0.300. The van der Waals surface area contributed by atoms with Gasteiger partial charge in [-0.05, 0) is 18.2 Å². The first-order valence-electron chi connectivity index (χ1n) is 8.56. The molecule has 0 bridgehead atoms. The van der Waals surface area contributed by atoms with Crippen molar-refractivity contribution in [2.24, 2.45) is 0 Å². The molecule has 0 spiro atoms. The summed E-state index contributed by atoms with van der Waals surface area (Å²) in [5, 5.41) is 9.41. The van der Waals surface area contributed by atoms with Crippen molar-refractivity contribution in [3.8, 4) is 6.07 Å². The lowest BCUT2D eigenvalue weighted by atomic mass is 10.2. The molecule has 1 amide bonds. The number of nitriles is 1. The Balaban J connectivity index is 1.66. The first-order valence-corrected chi connectivity index (χ1v) is 8.56. The molecule has 1 saturated heterocycles. The summed E-state index contributed by atoms with van der Waals surface area (Å²) in [7, 11) is 3.74. The van der Waals surface area contributed by atoms with Gasteiger partial charge in [0.1, 0.15) is 17.4 Å². The lowest BCUT2D eigenvalue weighted by Crippen LogP contribution is -2.49. The highest BCUT2D eigenvalue weighted by Crippen LogP contribution is 2.20. The van der Waals surface area contributed by atoms with Crippen molar-refractivity contribution < 1.29 is 9.21 Å². The van der Waals surface area contributed by atoms with E-state index in [-0.39, 0.29) is 11.5 Å². The molecule has 1 aromatic heterocycles. The molecule has 2 aromatic rings. The molecule has 6 nitrogen and oxygen atoms in total. The van der Waals surface area contributed by atoms with E-state index in [0.29, 0.717) is 24.7 Å². The molecule has 0 N–H and O–H groups in total. The van der Waals surface area contributed by atoms with E-state index >= 15 is 0 Å². The van der Waals surface area contributed by atoms with Crippen LogP contribution in [0.5, 0.6) is 0 Å². The van der Waals surface area contributed by atoms with E-state index in [4.69, 9.17) is 4.42 Å². The van der Waals surface area contributed by atoms with E-state index in [1.807, 2.05) is 49.3 Å². The van der Waals surface area contributed by atoms with Crippen LogP contribution in [0.4, 0.5) is 11.6 Å². The minimum Gasteiger partial charge on any atom is -0.441 e. The SMILES string of the molecule is CN(C)c1ccc(/C=C(/C#N)C(=O)N2CCN(c3ccccc3)CC2)o1. The third-order valence-electron chi connectivity index (χ3n) is 4.38. The summed E-state index contributed by atoms with van der Waals surface area (Å²) < 4.78 is 5.61. The van der Waals surface area contributed by atoms with Gasteiger partial charge < -0.3 is 19.1 Å². The van der Waals surface area contributed by atoms with Crippen LogP contribution in [0.15, 0.2) is 52.5 Å². The lowest BCUT2D eigenvalue weighted by molar-refractivity contribution is -0.126. The Hall–Kier alpha value is -3.20. The zero-order valence-electron chi connectivity index (χ0n) is 15.1. The van der Waals surface area contributed by atoms with E-state index in [1.54, 1.807) is 11.0 Å². The molecule has 1 aliphatic heterocycles. The molecular weight excluding hydrogens is 328 g/mol. The number of carbonyl (C=O) groups is 1. The number of hydrogen-bond donors (Lipinski definition) is 0. The molecule has 0 radical (unpaired) electrons. The second-order valence-corrected chi connectivity index (χ2v) is 6.36. The molecule has 0 aliphatic carbocycles. The van der Waals surface area contributed by atoms with Crippen molar-refractivity contribution in [1.29, 1.82) is 5.26 Å². The Labute approximate surface area is 153 Å². The highest BCUT2D eigenvalue weighted by molar-refractivity contribution is 6.01. The van der Waals surface area contributed by atoms with Gasteiger partial charge in [0, 0.05) is 58.1 Å². The fourth-order valence-corrected chi connectivity index (χ4v) is 2.92. The first-order chi connectivity index (χ1) is 12.6. The third kappa shape index (κ3) is 3.89. The van der Waals surface area contributed by atoms with E-state index in [2.05, 4.69) is 17.0 Å². The normalized spacial score (nSPS) is 14.9. The van der Waals surface area contributed by atoms with Crippen molar-refractivity contribution in [1.82, 2.24) is 4.90 Å². The fourth-order valence-electron chi connectivity index (χ4n) is 2.92. The molecule has 0 saturated carbocycles. The quantitative estimate of drug-likeness (QED) is 0.626. The maximum Gasteiger partial charge on any atom is 0.264 e. The Morgan fingerprint density at radius 2 is 1.81 bits per heavy atom. The van der Waals surface area contributed by atoms with Crippen LogP contribution in [0.2, 0.25) is 0 Å². The number of piperazine rings is 1. The number of carbonyl (C=O) groups excluding carboxylic acids is 1. The molecule has 1 aromatic carbocycles. The predicted molar refractivity (Wildman–Crippen MR) is 102 cm³/mol. The molecule has 0 unspecified atom stereocenters. The molecule has 1 aliphatic rings. The van der Waals surface area contributed by atoms with Crippen LogP contribution >= 0.6 is 0 Å². The molecule has 0 atom stereocenters. The molecular formula is C20H22N4O2. The van der Waals surface area contributed by atoms with Gasteiger partial charge >= 0.3 is 0 Å². The average Bonchev–Trinajstić information content (AvgIpc) is 3.15. The lowest BCUT2D eigenvalue weighted by Gasteiger charge is -2.36. The van der Waals surface area contributed by atoms with E-state index in [1.165, 1.54) is 6.08 Å². The molecule has 134 valence electrons. The minimum absolute atomic E-state index is 0.0952. The standard InChI is InChI=1S/C20H22N4O2/c1-22(2)19-9-8-18(26-19)14-16(15-21)20(25)24-12-10-23(11-13-24)17-6-4-3-5-7-17/h3-9,14H,10-13H2,1-2H3/b16-14-. The van der Waals surface area contributed by atoms with Crippen molar-refractivity contribution in [2.75, 3.05) is 50.1 Å². The summed E-state index contributed by atoms with van der Waals surface area (Å²) >= 11 is 0. The number of rotatable bonds is 4. The first kappa shape index (κ1) is 17.6. The summed E-state index contributed by atoms with van der Waals surface area (Å²) in [6, 6.07) is 15.7. The van der Waals surface area contributed by atoms with Gasteiger partial charge in [0.25, 0.3) is 5.91 Å². The maximum atomic E-state index is 12.7. The number of amides is 1. The molecule has 3 rings (SSSR count). The molecule has 1 fully saturated rings. The number of hydrogen-bond acceptors (Lipinski definition) is 5. The van der Waals surface area contributed by atoms with Crippen molar-refractivity contribution in [3.05, 3.63) is 53.8 Å². The summed E-state index contributed by atoms with van der Waals surface area (Å²) in [4.78, 5) is 18.5. The van der Waals surface area contributed by atoms with Gasteiger partial charge in [-0.15, -0.1) is 0 Å².